The first-order valence-corrected chi connectivity index (χ1v) is 8.68. The average Bonchev–Trinajstić information content (AvgIpc) is 2.80. The number of nitrogens with one attached hydrogen (secondary N) is 2. The lowest BCUT2D eigenvalue weighted by molar-refractivity contribution is 0.625. The fourth-order valence-electron chi connectivity index (χ4n) is 2.80. The smallest absolute Gasteiger partial charge is 0.191 e. The van der Waals surface area contributed by atoms with E-state index in [1.54, 1.807) is 6.07 Å². The molecule has 0 atom stereocenters. The summed E-state index contributed by atoms with van der Waals surface area (Å²) in [5.41, 5.74) is 5.43. The van der Waals surface area contributed by atoms with Crippen molar-refractivity contribution in [2.75, 3.05) is 13.1 Å². The van der Waals surface area contributed by atoms with E-state index in [0.717, 1.165) is 53.5 Å². The van der Waals surface area contributed by atoms with Crippen molar-refractivity contribution in [2.45, 2.75) is 40.7 Å². The first-order valence-electron chi connectivity index (χ1n) is 8.68. The van der Waals surface area contributed by atoms with Crippen LogP contribution in [0.2, 0.25) is 0 Å². The fraction of sp³-hybridized carbons (Fsp3) is 0.474. The monoisotopic (exact) mass is 345 g/mol. The summed E-state index contributed by atoms with van der Waals surface area (Å²) in [6.45, 7) is 10.2. The van der Waals surface area contributed by atoms with Crippen LogP contribution >= 0.6 is 0 Å². The van der Waals surface area contributed by atoms with Gasteiger partial charge in [-0.05, 0) is 57.4 Å². The Hall–Kier alpha value is -2.37. The van der Waals surface area contributed by atoms with Crippen LogP contribution in [0.15, 0.2) is 23.2 Å². The maximum Gasteiger partial charge on any atom is 0.191 e. The van der Waals surface area contributed by atoms with Gasteiger partial charge >= 0.3 is 0 Å². The molecule has 0 fully saturated rings. The molecular formula is C19H28FN5. The predicted molar refractivity (Wildman–Crippen MR) is 100 cm³/mol. The van der Waals surface area contributed by atoms with Crippen LogP contribution in [0.4, 0.5) is 4.39 Å². The molecule has 25 heavy (non-hydrogen) atoms. The molecule has 5 nitrogen and oxygen atoms in total. The van der Waals surface area contributed by atoms with Gasteiger partial charge in [0.15, 0.2) is 5.96 Å². The van der Waals surface area contributed by atoms with Crippen LogP contribution in [0.3, 0.4) is 0 Å². The number of aromatic nitrogens is 2. The molecule has 0 saturated heterocycles. The summed E-state index contributed by atoms with van der Waals surface area (Å²) in [7, 11) is 1.95. The van der Waals surface area contributed by atoms with Crippen molar-refractivity contribution >= 4 is 5.96 Å². The van der Waals surface area contributed by atoms with Gasteiger partial charge in [-0.1, -0.05) is 6.07 Å². The number of aliphatic imine (C=N–C) groups is 1. The van der Waals surface area contributed by atoms with Gasteiger partial charge in [0.2, 0.25) is 0 Å². The van der Waals surface area contributed by atoms with Crippen molar-refractivity contribution in [3.8, 4) is 0 Å². The minimum atomic E-state index is -0.189. The standard InChI is InChI=1S/C19H28FN5/c1-6-21-19(23-12-18-14(3)24-25(5)15(18)4)22-10-9-16-7-8-17(20)11-13(16)2/h7-8,11H,6,9-10,12H2,1-5H3,(H2,21,22,23). The van der Waals surface area contributed by atoms with Crippen LogP contribution < -0.4 is 10.6 Å². The van der Waals surface area contributed by atoms with Crippen LogP contribution in [-0.4, -0.2) is 28.8 Å². The van der Waals surface area contributed by atoms with E-state index in [2.05, 4.69) is 27.6 Å². The third-order valence-electron chi connectivity index (χ3n) is 4.39. The second-order valence-electron chi connectivity index (χ2n) is 6.22. The largest absolute Gasteiger partial charge is 0.357 e. The van der Waals surface area contributed by atoms with Gasteiger partial charge in [-0.15, -0.1) is 0 Å². The molecule has 0 unspecified atom stereocenters. The van der Waals surface area contributed by atoms with Gasteiger partial charge < -0.3 is 10.6 Å². The zero-order valence-electron chi connectivity index (χ0n) is 15.8. The minimum absolute atomic E-state index is 0.189. The number of nitrogens with zero attached hydrogens (tertiary/aromatic N) is 3. The number of halogens is 1. The van der Waals surface area contributed by atoms with E-state index < -0.39 is 0 Å². The van der Waals surface area contributed by atoms with Gasteiger partial charge in [-0.2, -0.15) is 5.10 Å². The Morgan fingerprint density at radius 2 is 2.00 bits per heavy atom. The molecule has 0 radical (unpaired) electrons. The van der Waals surface area contributed by atoms with Crippen LogP contribution in [0, 0.1) is 26.6 Å². The highest BCUT2D eigenvalue weighted by molar-refractivity contribution is 5.79. The lowest BCUT2D eigenvalue weighted by Crippen LogP contribution is -2.38. The molecule has 0 spiro atoms. The molecule has 6 heteroatoms. The van der Waals surface area contributed by atoms with E-state index in [1.165, 1.54) is 6.07 Å². The molecule has 0 aliphatic carbocycles. The van der Waals surface area contributed by atoms with Crippen molar-refractivity contribution in [1.29, 1.82) is 0 Å². The van der Waals surface area contributed by atoms with E-state index in [9.17, 15) is 4.39 Å². The second-order valence-corrected chi connectivity index (χ2v) is 6.22. The van der Waals surface area contributed by atoms with Gasteiger partial charge in [-0.25, -0.2) is 9.38 Å². The predicted octanol–water partition coefficient (Wildman–Crippen LogP) is 2.78. The Balaban J connectivity index is 1.98. The first kappa shape index (κ1) is 19.0. The quantitative estimate of drug-likeness (QED) is 0.625. The normalized spacial score (nSPS) is 11.7. The summed E-state index contributed by atoms with van der Waals surface area (Å²) < 4.78 is 15.1. The third kappa shape index (κ3) is 5.05. The van der Waals surface area contributed by atoms with Gasteiger partial charge in [-0.3, -0.25) is 4.68 Å². The van der Waals surface area contributed by atoms with E-state index in [4.69, 9.17) is 0 Å². The Labute approximate surface area is 149 Å². The second kappa shape index (κ2) is 8.65. The van der Waals surface area contributed by atoms with E-state index >= 15 is 0 Å². The molecule has 0 aliphatic heterocycles. The van der Waals surface area contributed by atoms with Crippen molar-refractivity contribution in [3.63, 3.8) is 0 Å². The van der Waals surface area contributed by atoms with Crippen LogP contribution in [0.25, 0.3) is 0 Å². The highest BCUT2D eigenvalue weighted by Crippen LogP contribution is 2.13. The van der Waals surface area contributed by atoms with Crippen molar-refractivity contribution in [2.24, 2.45) is 12.0 Å². The zero-order chi connectivity index (χ0) is 18.4. The zero-order valence-corrected chi connectivity index (χ0v) is 15.8. The third-order valence-corrected chi connectivity index (χ3v) is 4.39. The van der Waals surface area contributed by atoms with E-state index in [0.29, 0.717) is 6.54 Å². The van der Waals surface area contributed by atoms with Crippen LogP contribution in [0.1, 0.15) is 35.0 Å². The molecule has 0 bridgehead atoms. The molecular weight excluding hydrogens is 317 g/mol. The summed E-state index contributed by atoms with van der Waals surface area (Å²) >= 11 is 0. The summed E-state index contributed by atoms with van der Waals surface area (Å²) in [5, 5.41) is 11.0. The number of hydrogen-bond acceptors (Lipinski definition) is 2. The summed E-state index contributed by atoms with van der Waals surface area (Å²) in [5.74, 6) is 0.594. The Bertz CT molecular complexity index is 749. The van der Waals surface area contributed by atoms with E-state index in [1.807, 2.05) is 38.6 Å². The Morgan fingerprint density at radius 3 is 2.60 bits per heavy atom. The van der Waals surface area contributed by atoms with Gasteiger partial charge in [0.1, 0.15) is 5.82 Å². The molecule has 136 valence electrons. The van der Waals surface area contributed by atoms with Crippen LogP contribution in [-0.2, 0) is 20.0 Å². The number of guanidine groups is 1. The van der Waals surface area contributed by atoms with Gasteiger partial charge in [0, 0.05) is 31.4 Å². The first-order chi connectivity index (χ1) is 11.9. The molecule has 2 aromatic rings. The maximum atomic E-state index is 13.2. The van der Waals surface area contributed by atoms with Gasteiger partial charge in [0.05, 0.1) is 12.2 Å². The molecule has 1 heterocycles. The summed E-state index contributed by atoms with van der Waals surface area (Å²) in [4.78, 5) is 4.67. The SMILES string of the molecule is CCNC(=NCc1c(C)nn(C)c1C)NCCc1ccc(F)cc1C. The topological polar surface area (TPSA) is 54.2 Å². The average molecular weight is 345 g/mol. The molecule has 1 aromatic carbocycles. The molecule has 0 amide bonds. The van der Waals surface area contributed by atoms with Crippen LogP contribution in [0.5, 0.6) is 0 Å². The van der Waals surface area contributed by atoms with Crippen molar-refractivity contribution in [3.05, 3.63) is 52.1 Å². The maximum absolute atomic E-state index is 13.2. The highest BCUT2D eigenvalue weighted by atomic mass is 19.1. The molecule has 1 aromatic heterocycles. The molecule has 2 rings (SSSR count). The fourth-order valence-corrected chi connectivity index (χ4v) is 2.80. The summed E-state index contributed by atoms with van der Waals surface area (Å²) in [6.07, 6.45) is 0.821. The highest BCUT2D eigenvalue weighted by Gasteiger charge is 2.09. The lowest BCUT2D eigenvalue weighted by Gasteiger charge is -2.12. The number of rotatable bonds is 6. The minimum Gasteiger partial charge on any atom is -0.357 e. The summed E-state index contributed by atoms with van der Waals surface area (Å²) in [6, 6.07) is 4.93. The number of aryl methyl sites for hydroxylation is 3. The van der Waals surface area contributed by atoms with Crippen molar-refractivity contribution in [1.82, 2.24) is 20.4 Å². The lowest BCUT2D eigenvalue weighted by atomic mass is 10.1. The molecule has 0 aliphatic rings. The molecule has 2 N–H and O–H groups in total. The van der Waals surface area contributed by atoms with E-state index in [-0.39, 0.29) is 5.82 Å². The van der Waals surface area contributed by atoms with Crippen molar-refractivity contribution < 1.29 is 4.39 Å². The number of benzene rings is 1. The Morgan fingerprint density at radius 1 is 1.24 bits per heavy atom. The van der Waals surface area contributed by atoms with Gasteiger partial charge in [0.25, 0.3) is 0 Å². The number of hydrogen-bond donors (Lipinski definition) is 2. The molecule has 0 saturated carbocycles. The Kier molecular flexibility index (Phi) is 6.56.